The monoisotopic (exact) mass is 336 g/mol. The largest absolute Gasteiger partial charge is 0.304 e. The normalized spacial score (nSPS) is 13.4. The number of benzene rings is 1. The van der Waals surface area contributed by atoms with Crippen molar-refractivity contribution in [3.63, 3.8) is 0 Å². The number of rotatable bonds is 4. The van der Waals surface area contributed by atoms with Gasteiger partial charge in [0.05, 0.1) is 11.9 Å². The van der Waals surface area contributed by atoms with Crippen molar-refractivity contribution in [2.24, 2.45) is 5.41 Å². The Bertz CT molecular complexity index is 887. The van der Waals surface area contributed by atoms with Gasteiger partial charge in [-0.15, -0.1) is 0 Å². The zero-order chi connectivity index (χ0) is 18.2. The van der Waals surface area contributed by atoms with Crippen molar-refractivity contribution in [2.75, 3.05) is 0 Å². The molecule has 4 heteroatoms. The second-order valence-corrected chi connectivity index (χ2v) is 8.02. The maximum Gasteiger partial charge on any atom is 0.234 e. The Labute approximate surface area is 150 Å². The van der Waals surface area contributed by atoms with Crippen LogP contribution in [-0.2, 0) is 6.54 Å². The third kappa shape index (κ3) is 3.74. The average Bonchev–Trinajstić information content (AvgIpc) is 2.89. The van der Waals surface area contributed by atoms with E-state index >= 15 is 0 Å². The molecule has 0 unspecified atom stereocenters. The lowest BCUT2D eigenvalue weighted by atomic mass is 9.82. The van der Waals surface area contributed by atoms with Crippen LogP contribution in [0.2, 0.25) is 0 Å². The summed E-state index contributed by atoms with van der Waals surface area (Å²) in [6.45, 7) is 13.8. The number of nitrogens with one attached hydrogen (secondary N) is 1. The van der Waals surface area contributed by atoms with Crippen LogP contribution in [0, 0.1) is 26.2 Å². The Morgan fingerprint density at radius 1 is 1.12 bits per heavy atom. The van der Waals surface area contributed by atoms with Gasteiger partial charge in [-0.1, -0.05) is 50.6 Å². The van der Waals surface area contributed by atoms with E-state index in [4.69, 9.17) is 0 Å². The highest BCUT2D eigenvalue weighted by Crippen LogP contribution is 2.33. The topological polar surface area (TPSA) is 42.2 Å². The van der Waals surface area contributed by atoms with Crippen LogP contribution in [0.1, 0.15) is 55.0 Å². The zero-order valence-corrected chi connectivity index (χ0v) is 16.1. The van der Waals surface area contributed by atoms with E-state index in [0.717, 1.165) is 23.7 Å². The number of hydrogen-bond donors (Lipinski definition) is 1. The molecule has 2 heterocycles. The SMILES string of the molecule is Cc1cccc([C@H](NCc2cnc3nc(C)cc(C)n23)C(C)(C)C)c1. The van der Waals surface area contributed by atoms with Crippen LogP contribution < -0.4 is 5.32 Å². The molecule has 0 saturated carbocycles. The molecule has 132 valence electrons. The minimum atomic E-state index is 0.109. The number of aromatic nitrogens is 3. The maximum atomic E-state index is 4.53. The van der Waals surface area contributed by atoms with Gasteiger partial charge >= 0.3 is 0 Å². The summed E-state index contributed by atoms with van der Waals surface area (Å²) < 4.78 is 2.13. The van der Waals surface area contributed by atoms with E-state index in [0.29, 0.717) is 0 Å². The number of fused-ring (bicyclic) bond motifs is 1. The van der Waals surface area contributed by atoms with E-state index in [1.165, 1.54) is 16.8 Å². The third-order valence-electron chi connectivity index (χ3n) is 4.59. The van der Waals surface area contributed by atoms with Gasteiger partial charge in [0.2, 0.25) is 5.78 Å². The second kappa shape index (κ2) is 6.60. The molecule has 1 atom stereocenters. The fraction of sp³-hybridized carbons (Fsp3) is 0.429. The quantitative estimate of drug-likeness (QED) is 0.761. The second-order valence-electron chi connectivity index (χ2n) is 8.02. The van der Waals surface area contributed by atoms with E-state index in [2.05, 4.69) is 84.6 Å². The molecule has 0 amide bonds. The van der Waals surface area contributed by atoms with Gasteiger partial charge in [-0.25, -0.2) is 9.97 Å². The van der Waals surface area contributed by atoms with E-state index in [9.17, 15) is 0 Å². The molecule has 0 aliphatic carbocycles. The van der Waals surface area contributed by atoms with E-state index in [-0.39, 0.29) is 11.5 Å². The average molecular weight is 336 g/mol. The Morgan fingerprint density at radius 2 is 1.88 bits per heavy atom. The third-order valence-corrected chi connectivity index (χ3v) is 4.59. The first-order valence-electron chi connectivity index (χ1n) is 8.86. The van der Waals surface area contributed by atoms with Crippen molar-refractivity contribution in [1.29, 1.82) is 0 Å². The predicted octanol–water partition coefficient (Wildman–Crippen LogP) is 4.53. The van der Waals surface area contributed by atoms with Gasteiger partial charge in [0, 0.05) is 24.0 Å². The standard InChI is InChI=1S/C21H28N4/c1-14-8-7-9-17(10-14)19(21(4,5)6)22-12-18-13-23-20-24-15(2)11-16(3)25(18)20/h7-11,13,19,22H,12H2,1-6H3/t19-/m0/s1. The van der Waals surface area contributed by atoms with Crippen LogP contribution in [0.3, 0.4) is 0 Å². The molecule has 0 saturated heterocycles. The lowest BCUT2D eigenvalue weighted by Crippen LogP contribution is -2.32. The number of hydrogen-bond acceptors (Lipinski definition) is 3. The minimum absolute atomic E-state index is 0.109. The number of imidazole rings is 1. The van der Waals surface area contributed by atoms with Crippen LogP contribution >= 0.6 is 0 Å². The van der Waals surface area contributed by atoms with E-state index in [1.54, 1.807) is 0 Å². The summed E-state index contributed by atoms with van der Waals surface area (Å²) in [5, 5.41) is 3.75. The molecule has 0 aliphatic rings. The van der Waals surface area contributed by atoms with Gasteiger partial charge in [-0.3, -0.25) is 4.40 Å². The molecule has 1 aromatic carbocycles. The summed E-state index contributed by atoms with van der Waals surface area (Å²) in [4.78, 5) is 9.01. The van der Waals surface area contributed by atoms with Crippen LogP contribution in [0.15, 0.2) is 36.5 Å². The molecule has 25 heavy (non-hydrogen) atoms. The van der Waals surface area contributed by atoms with Crippen LogP contribution in [0.5, 0.6) is 0 Å². The lowest BCUT2D eigenvalue weighted by Gasteiger charge is -2.32. The molecule has 3 aromatic rings. The van der Waals surface area contributed by atoms with Gasteiger partial charge in [-0.2, -0.15) is 0 Å². The van der Waals surface area contributed by atoms with Crippen LogP contribution in [-0.4, -0.2) is 14.4 Å². The first kappa shape index (κ1) is 17.6. The van der Waals surface area contributed by atoms with Crippen LogP contribution in [0.4, 0.5) is 0 Å². The molecular weight excluding hydrogens is 308 g/mol. The fourth-order valence-electron chi connectivity index (χ4n) is 3.50. The molecular formula is C21H28N4. The molecule has 0 spiro atoms. The summed E-state index contributed by atoms with van der Waals surface area (Å²) in [5.41, 5.74) is 6.04. The highest BCUT2D eigenvalue weighted by Gasteiger charge is 2.26. The Morgan fingerprint density at radius 3 is 2.56 bits per heavy atom. The number of nitrogens with zero attached hydrogens (tertiary/aromatic N) is 3. The van der Waals surface area contributed by atoms with Gasteiger partial charge in [0.15, 0.2) is 0 Å². The van der Waals surface area contributed by atoms with Gasteiger partial charge in [0.25, 0.3) is 0 Å². The van der Waals surface area contributed by atoms with Gasteiger partial charge in [0.1, 0.15) is 0 Å². The minimum Gasteiger partial charge on any atom is -0.304 e. The first-order chi connectivity index (χ1) is 11.8. The fourth-order valence-corrected chi connectivity index (χ4v) is 3.50. The van der Waals surface area contributed by atoms with Crippen molar-refractivity contribution < 1.29 is 0 Å². The van der Waals surface area contributed by atoms with Crippen molar-refractivity contribution in [2.45, 2.75) is 54.1 Å². The highest BCUT2D eigenvalue weighted by molar-refractivity contribution is 5.35. The summed E-state index contributed by atoms with van der Waals surface area (Å²) in [6.07, 6.45) is 1.93. The zero-order valence-electron chi connectivity index (χ0n) is 16.1. The predicted molar refractivity (Wildman–Crippen MR) is 103 cm³/mol. The van der Waals surface area contributed by atoms with E-state index in [1.807, 2.05) is 13.1 Å². The Hall–Kier alpha value is -2.20. The van der Waals surface area contributed by atoms with Gasteiger partial charge in [-0.05, 0) is 37.8 Å². The first-order valence-corrected chi connectivity index (χ1v) is 8.86. The van der Waals surface area contributed by atoms with Crippen LogP contribution in [0.25, 0.3) is 5.78 Å². The molecule has 1 N–H and O–H groups in total. The summed E-state index contributed by atoms with van der Waals surface area (Å²) >= 11 is 0. The lowest BCUT2D eigenvalue weighted by molar-refractivity contribution is 0.270. The molecule has 0 aliphatic heterocycles. The van der Waals surface area contributed by atoms with Crippen molar-refractivity contribution in [3.05, 3.63) is 64.7 Å². The number of aryl methyl sites for hydroxylation is 3. The molecule has 0 fully saturated rings. The molecule has 0 bridgehead atoms. The molecule has 2 aromatic heterocycles. The van der Waals surface area contributed by atoms with Gasteiger partial charge < -0.3 is 5.32 Å². The summed E-state index contributed by atoms with van der Waals surface area (Å²) in [7, 11) is 0. The van der Waals surface area contributed by atoms with Crippen molar-refractivity contribution in [1.82, 2.24) is 19.7 Å². The Kier molecular flexibility index (Phi) is 4.65. The Balaban J connectivity index is 1.90. The highest BCUT2D eigenvalue weighted by atomic mass is 15.1. The molecule has 4 nitrogen and oxygen atoms in total. The maximum absolute atomic E-state index is 4.53. The van der Waals surface area contributed by atoms with E-state index < -0.39 is 0 Å². The smallest absolute Gasteiger partial charge is 0.234 e. The molecule has 3 rings (SSSR count). The van der Waals surface area contributed by atoms with Crippen molar-refractivity contribution >= 4 is 5.78 Å². The summed E-state index contributed by atoms with van der Waals surface area (Å²) in [6, 6.07) is 11.1. The summed E-state index contributed by atoms with van der Waals surface area (Å²) in [5.74, 6) is 0.775. The van der Waals surface area contributed by atoms with Crippen molar-refractivity contribution in [3.8, 4) is 0 Å². The molecule has 0 radical (unpaired) electrons.